The normalized spacial score (nSPS) is 10.9. The molecule has 0 unspecified atom stereocenters. The summed E-state index contributed by atoms with van der Waals surface area (Å²) in [7, 11) is 0. The maximum absolute atomic E-state index is 13.0. The van der Waals surface area contributed by atoms with E-state index >= 15 is 0 Å². The summed E-state index contributed by atoms with van der Waals surface area (Å²) in [4.78, 5) is 29.9. The van der Waals surface area contributed by atoms with Crippen LogP contribution in [0.3, 0.4) is 0 Å². The van der Waals surface area contributed by atoms with E-state index in [9.17, 15) is 9.59 Å². The highest BCUT2D eigenvalue weighted by Gasteiger charge is 2.22. The number of furan rings is 1. The average molecular weight is 439 g/mol. The molecule has 0 spiro atoms. The quantitative estimate of drug-likeness (QED) is 0.331. The standard InChI is InChI=1S/C21H15BrN2O4/c1-2-27-21(26)15-10-18(20(25)13-5-7-14(22)8-6-13)24-12-23-16(11-17(15)24)19-4-3-9-28-19/h3-12H,2H2,1H3. The summed E-state index contributed by atoms with van der Waals surface area (Å²) in [5, 5.41) is 0. The molecule has 4 aromatic rings. The SMILES string of the molecule is CCOC(=O)c1cc(C(=O)c2ccc(Br)cc2)n2cnc(-c3ccco3)cc12. The molecule has 0 saturated heterocycles. The number of esters is 1. The van der Waals surface area contributed by atoms with E-state index in [1.54, 1.807) is 66.1 Å². The zero-order valence-electron chi connectivity index (χ0n) is 14.9. The van der Waals surface area contributed by atoms with Gasteiger partial charge in [-0.3, -0.25) is 9.20 Å². The van der Waals surface area contributed by atoms with Gasteiger partial charge in [0.25, 0.3) is 0 Å². The number of ketones is 1. The first kappa shape index (κ1) is 18.2. The first-order chi connectivity index (χ1) is 13.6. The molecule has 0 radical (unpaired) electrons. The molecule has 6 nitrogen and oxygen atoms in total. The Hall–Kier alpha value is -3.19. The molecule has 0 aliphatic heterocycles. The van der Waals surface area contributed by atoms with Crippen LogP contribution in [0.1, 0.15) is 33.3 Å². The summed E-state index contributed by atoms with van der Waals surface area (Å²) >= 11 is 3.36. The van der Waals surface area contributed by atoms with Crippen molar-refractivity contribution in [3.63, 3.8) is 0 Å². The number of fused-ring (bicyclic) bond motifs is 1. The molecular weight excluding hydrogens is 424 g/mol. The molecule has 0 saturated carbocycles. The number of nitrogens with zero attached hydrogens (tertiary/aromatic N) is 2. The first-order valence-corrected chi connectivity index (χ1v) is 9.40. The van der Waals surface area contributed by atoms with E-state index in [4.69, 9.17) is 9.15 Å². The molecule has 3 heterocycles. The van der Waals surface area contributed by atoms with Gasteiger partial charge in [0.1, 0.15) is 12.0 Å². The second kappa shape index (κ2) is 7.44. The first-order valence-electron chi connectivity index (χ1n) is 8.61. The Bertz CT molecular complexity index is 1160. The number of hydrogen-bond acceptors (Lipinski definition) is 5. The Morgan fingerprint density at radius 2 is 1.96 bits per heavy atom. The zero-order valence-corrected chi connectivity index (χ0v) is 16.5. The van der Waals surface area contributed by atoms with Crippen molar-refractivity contribution < 1.29 is 18.7 Å². The molecule has 4 rings (SSSR count). The van der Waals surface area contributed by atoms with Crippen LogP contribution in [0.15, 0.2) is 70.0 Å². The number of ether oxygens (including phenoxy) is 1. The Morgan fingerprint density at radius 1 is 1.18 bits per heavy atom. The summed E-state index contributed by atoms with van der Waals surface area (Å²) in [6.07, 6.45) is 3.07. The van der Waals surface area contributed by atoms with E-state index in [1.807, 2.05) is 0 Å². The molecule has 0 amide bonds. The highest BCUT2D eigenvalue weighted by atomic mass is 79.9. The molecule has 0 aliphatic rings. The fourth-order valence-electron chi connectivity index (χ4n) is 2.95. The van der Waals surface area contributed by atoms with Crippen molar-refractivity contribution in [2.24, 2.45) is 0 Å². The van der Waals surface area contributed by atoms with Gasteiger partial charge in [-0.2, -0.15) is 0 Å². The van der Waals surface area contributed by atoms with Crippen molar-refractivity contribution in [2.75, 3.05) is 6.61 Å². The number of hydrogen-bond donors (Lipinski definition) is 0. The van der Waals surface area contributed by atoms with E-state index in [1.165, 1.54) is 6.33 Å². The molecule has 0 atom stereocenters. The van der Waals surface area contributed by atoms with Gasteiger partial charge in [-0.15, -0.1) is 0 Å². The molecule has 7 heteroatoms. The van der Waals surface area contributed by atoms with Gasteiger partial charge in [-0.05, 0) is 55.5 Å². The van der Waals surface area contributed by atoms with Crippen LogP contribution in [0, 0.1) is 0 Å². The van der Waals surface area contributed by atoms with Gasteiger partial charge < -0.3 is 9.15 Å². The monoisotopic (exact) mass is 438 g/mol. The minimum absolute atomic E-state index is 0.217. The molecule has 140 valence electrons. The second-order valence-corrected chi connectivity index (χ2v) is 6.92. The van der Waals surface area contributed by atoms with Crippen molar-refractivity contribution in [1.29, 1.82) is 0 Å². The van der Waals surface area contributed by atoms with Gasteiger partial charge in [0, 0.05) is 10.0 Å². The average Bonchev–Trinajstić information content (AvgIpc) is 3.36. The van der Waals surface area contributed by atoms with Crippen molar-refractivity contribution in [1.82, 2.24) is 9.38 Å². The lowest BCUT2D eigenvalue weighted by Crippen LogP contribution is -2.05. The summed E-state index contributed by atoms with van der Waals surface area (Å²) in [5.74, 6) is -0.142. The van der Waals surface area contributed by atoms with E-state index in [-0.39, 0.29) is 12.4 Å². The predicted octanol–water partition coefficient (Wildman–Crippen LogP) is 4.76. The van der Waals surface area contributed by atoms with Gasteiger partial charge in [-0.25, -0.2) is 9.78 Å². The van der Waals surface area contributed by atoms with Crippen LogP contribution in [0.4, 0.5) is 0 Å². The second-order valence-electron chi connectivity index (χ2n) is 6.01. The maximum Gasteiger partial charge on any atom is 0.340 e. The summed E-state index contributed by atoms with van der Waals surface area (Å²) in [5.41, 5.74) is 2.23. The van der Waals surface area contributed by atoms with Gasteiger partial charge in [0.15, 0.2) is 5.76 Å². The topological polar surface area (TPSA) is 73.8 Å². The number of halogens is 1. The van der Waals surface area contributed by atoms with Crippen molar-refractivity contribution in [2.45, 2.75) is 6.92 Å². The zero-order chi connectivity index (χ0) is 19.7. The van der Waals surface area contributed by atoms with E-state index in [0.29, 0.717) is 33.8 Å². The van der Waals surface area contributed by atoms with E-state index in [0.717, 1.165) is 4.47 Å². The van der Waals surface area contributed by atoms with Crippen LogP contribution in [0.2, 0.25) is 0 Å². The number of rotatable bonds is 5. The lowest BCUT2D eigenvalue weighted by atomic mass is 10.1. The molecule has 28 heavy (non-hydrogen) atoms. The van der Waals surface area contributed by atoms with Crippen molar-refractivity contribution in [3.8, 4) is 11.5 Å². The summed E-state index contributed by atoms with van der Waals surface area (Å²) in [6, 6.07) is 13.8. The fraction of sp³-hybridized carbons (Fsp3) is 0.0952. The predicted molar refractivity (Wildman–Crippen MR) is 106 cm³/mol. The number of benzene rings is 1. The van der Waals surface area contributed by atoms with Crippen LogP contribution in [-0.4, -0.2) is 27.7 Å². The van der Waals surface area contributed by atoms with Gasteiger partial charge in [0.2, 0.25) is 5.78 Å². The third-order valence-electron chi connectivity index (χ3n) is 4.27. The lowest BCUT2D eigenvalue weighted by molar-refractivity contribution is 0.0529. The Labute approximate surface area is 168 Å². The van der Waals surface area contributed by atoms with Gasteiger partial charge in [0.05, 0.1) is 29.6 Å². The molecular formula is C21H15BrN2O4. The number of carbonyl (C=O) groups excluding carboxylic acids is 2. The van der Waals surface area contributed by atoms with Crippen LogP contribution in [0.25, 0.3) is 17.0 Å². The van der Waals surface area contributed by atoms with Crippen molar-refractivity contribution in [3.05, 3.63) is 82.4 Å². The Kier molecular flexibility index (Phi) is 4.83. The molecule has 0 N–H and O–H groups in total. The van der Waals surface area contributed by atoms with E-state index < -0.39 is 5.97 Å². The third-order valence-corrected chi connectivity index (χ3v) is 4.80. The molecule has 0 bridgehead atoms. The molecule has 3 aromatic heterocycles. The lowest BCUT2D eigenvalue weighted by Gasteiger charge is -2.04. The molecule has 1 aromatic carbocycles. The number of carbonyl (C=O) groups is 2. The summed E-state index contributed by atoms with van der Waals surface area (Å²) < 4.78 is 13.0. The van der Waals surface area contributed by atoms with Crippen LogP contribution >= 0.6 is 15.9 Å². The van der Waals surface area contributed by atoms with E-state index in [2.05, 4.69) is 20.9 Å². The molecule has 0 aliphatic carbocycles. The Balaban J connectivity index is 1.88. The highest BCUT2D eigenvalue weighted by Crippen LogP contribution is 2.25. The Morgan fingerprint density at radius 3 is 2.64 bits per heavy atom. The fourth-order valence-corrected chi connectivity index (χ4v) is 3.22. The van der Waals surface area contributed by atoms with Crippen LogP contribution in [-0.2, 0) is 4.74 Å². The third kappa shape index (κ3) is 3.25. The van der Waals surface area contributed by atoms with Crippen LogP contribution in [0.5, 0.6) is 0 Å². The number of aromatic nitrogens is 2. The minimum atomic E-state index is -0.494. The maximum atomic E-state index is 13.0. The molecule has 0 fully saturated rings. The van der Waals surface area contributed by atoms with Gasteiger partial charge >= 0.3 is 5.97 Å². The highest BCUT2D eigenvalue weighted by molar-refractivity contribution is 9.10. The van der Waals surface area contributed by atoms with Gasteiger partial charge in [-0.1, -0.05) is 15.9 Å². The smallest absolute Gasteiger partial charge is 0.340 e. The largest absolute Gasteiger partial charge is 0.463 e. The minimum Gasteiger partial charge on any atom is -0.463 e. The van der Waals surface area contributed by atoms with Crippen LogP contribution < -0.4 is 0 Å². The summed E-state index contributed by atoms with van der Waals surface area (Å²) in [6.45, 7) is 1.97. The van der Waals surface area contributed by atoms with Crippen molar-refractivity contribution >= 4 is 33.2 Å².